The van der Waals surface area contributed by atoms with Gasteiger partial charge in [0.1, 0.15) is 0 Å². The van der Waals surface area contributed by atoms with Gasteiger partial charge in [-0.15, -0.1) is 0 Å². The fourth-order valence-corrected chi connectivity index (χ4v) is 2.19. The van der Waals surface area contributed by atoms with E-state index in [1.807, 2.05) is 0 Å². The van der Waals surface area contributed by atoms with Crippen LogP contribution in [0.3, 0.4) is 0 Å². The van der Waals surface area contributed by atoms with Crippen LogP contribution in [-0.4, -0.2) is 26.2 Å². The molecule has 1 N–H and O–H groups in total. The van der Waals surface area contributed by atoms with Crippen molar-refractivity contribution in [3.05, 3.63) is 29.8 Å². The van der Waals surface area contributed by atoms with Crippen molar-refractivity contribution >= 4 is 5.69 Å². The molecule has 1 saturated heterocycles. The molecule has 2 nitrogen and oxygen atoms in total. The van der Waals surface area contributed by atoms with E-state index in [9.17, 15) is 13.2 Å². The molecule has 0 aromatic heterocycles. The van der Waals surface area contributed by atoms with Gasteiger partial charge in [-0.25, -0.2) is 0 Å². The Morgan fingerprint density at radius 2 is 2.00 bits per heavy atom. The Morgan fingerprint density at radius 3 is 2.59 bits per heavy atom. The standard InChI is InChI=1S/C12H15F3N2/c1-17(9-6-7-16-8-9)11-5-3-2-4-10(11)12(13,14)15/h2-5,9,16H,6-8H2,1H3. The molecule has 0 spiro atoms. The van der Waals surface area contributed by atoms with Gasteiger partial charge in [0.15, 0.2) is 0 Å². The van der Waals surface area contributed by atoms with Gasteiger partial charge in [-0.05, 0) is 25.1 Å². The Kier molecular flexibility index (Phi) is 3.28. The fraction of sp³-hybridized carbons (Fsp3) is 0.500. The molecule has 1 aromatic carbocycles. The van der Waals surface area contributed by atoms with Crippen molar-refractivity contribution in [1.82, 2.24) is 5.32 Å². The molecular weight excluding hydrogens is 229 g/mol. The van der Waals surface area contributed by atoms with Crippen LogP contribution in [0.4, 0.5) is 18.9 Å². The summed E-state index contributed by atoms with van der Waals surface area (Å²) >= 11 is 0. The first-order valence-electron chi connectivity index (χ1n) is 5.60. The van der Waals surface area contributed by atoms with E-state index in [0.717, 1.165) is 25.6 Å². The van der Waals surface area contributed by atoms with Crippen LogP contribution < -0.4 is 10.2 Å². The zero-order valence-corrected chi connectivity index (χ0v) is 9.59. The third kappa shape index (κ3) is 2.54. The van der Waals surface area contributed by atoms with E-state index < -0.39 is 11.7 Å². The first-order valence-corrected chi connectivity index (χ1v) is 5.60. The zero-order valence-electron chi connectivity index (χ0n) is 9.59. The van der Waals surface area contributed by atoms with Gasteiger partial charge in [0, 0.05) is 25.3 Å². The maximum atomic E-state index is 12.9. The number of halogens is 3. The lowest BCUT2D eigenvalue weighted by atomic mass is 10.1. The first kappa shape index (κ1) is 12.2. The number of rotatable bonds is 2. The van der Waals surface area contributed by atoms with Crippen LogP contribution in [-0.2, 0) is 6.18 Å². The van der Waals surface area contributed by atoms with Gasteiger partial charge in [-0.3, -0.25) is 0 Å². The first-order chi connectivity index (χ1) is 8.00. The molecule has 5 heteroatoms. The monoisotopic (exact) mass is 244 g/mol. The molecule has 17 heavy (non-hydrogen) atoms. The van der Waals surface area contributed by atoms with Crippen LogP contribution in [0.15, 0.2) is 24.3 Å². The number of hydrogen-bond donors (Lipinski definition) is 1. The highest BCUT2D eigenvalue weighted by Gasteiger charge is 2.35. The van der Waals surface area contributed by atoms with Crippen molar-refractivity contribution in [2.75, 3.05) is 25.0 Å². The second-order valence-electron chi connectivity index (χ2n) is 4.27. The SMILES string of the molecule is CN(c1ccccc1C(F)(F)F)C1CCNC1. The largest absolute Gasteiger partial charge is 0.418 e. The fourth-order valence-electron chi connectivity index (χ4n) is 2.19. The normalized spacial score (nSPS) is 20.6. The van der Waals surface area contributed by atoms with Gasteiger partial charge < -0.3 is 10.2 Å². The van der Waals surface area contributed by atoms with Crippen LogP contribution in [0.1, 0.15) is 12.0 Å². The van der Waals surface area contributed by atoms with Gasteiger partial charge in [-0.2, -0.15) is 13.2 Å². The summed E-state index contributed by atoms with van der Waals surface area (Å²) in [4.78, 5) is 1.73. The minimum atomic E-state index is -4.29. The van der Waals surface area contributed by atoms with Crippen molar-refractivity contribution in [2.45, 2.75) is 18.6 Å². The van der Waals surface area contributed by atoms with Crippen LogP contribution in [0, 0.1) is 0 Å². The van der Waals surface area contributed by atoms with Gasteiger partial charge in [0.2, 0.25) is 0 Å². The lowest BCUT2D eigenvalue weighted by Crippen LogP contribution is -2.34. The van der Waals surface area contributed by atoms with E-state index in [1.165, 1.54) is 12.1 Å². The summed E-state index contributed by atoms with van der Waals surface area (Å²) in [5.74, 6) is 0. The van der Waals surface area contributed by atoms with Gasteiger partial charge in [0.05, 0.1) is 5.56 Å². The van der Waals surface area contributed by atoms with E-state index in [-0.39, 0.29) is 11.7 Å². The lowest BCUT2D eigenvalue weighted by Gasteiger charge is -2.28. The minimum Gasteiger partial charge on any atom is -0.370 e. The van der Waals surface area contributed by atoms with Crippen LogP contribution in [0.2, 0.25) is 0 Å². The Balaban J connectivity index is 2.31. The van der Waals surface area contributed by atoms with Crippen LogP contribution in [0.5, 0.6) is 0 Å². The van der Waals surface area contributed by atoms with Crippen LogP contribution in [0.25, 0.3) is 0 Å². The third-order valence-electron chi connectivity index (χ3n) is 3.17. The molecular formula is C12H15F3N2. The molecule has 1 atom stereocenters. The minimum absolute atomic E-state index is 0.137. The highest BCUT2D eigenvalue weighted by molar-refractivity contribution is 5.55. The average molecular weight is 244 g/mol. The van der Waals surface area contributed by atoms with E-state index in [4.69, 9.17) is 0 Å². The molecule has 1 unspecified atom stereocenters. The van der Waals surface area contributed by atoms with Gasteiger partial charge in [-0.1, -0.05) is 12.1 Å². The average Bonchev–Trinajstić information content (AvgIpc) is 2.80. The predicted molar refractivity (Wildman–Crippen MR) is 61.1 cm³/mol. The number of hydrogen-bond acceptors (Lipinski definition) is 2. The van der Waals surface area contributed by atoms with Crippen molar-refractivity contribution < 1.29 is 13.2 Å². The van der Waals surface area contributed by atoms with Gasteiger partial charge >= 0.3 is 6.18 Å². The number of nitrogens with zero attached hydrogens (tertiary/aromatic N) is 1. The topological polar surface area (TPSA) is 15.3 Å². The van der Waals surface area contributed by atoms with E-state index >= 15 is 0 Å². The van der Waals surface area contributed by atoms with Gasteiger partial charge in [0.25, 0.3) is 0 Å². The molecule has 0 saturated carbocycles. The Bertz CT molecular complexity index is 384. The summed E-state index contributed by atoms with van der Waals surface area (Å²) in [6.07, 6.45) is -3.42. The number of benzene rings is 1. The highest BCUT2D eigenvalue weighted by atomic mass is 19.4. The zero-order chi connectivity index (χ0) is 12.5. The Labute approximate surface area is 98.4 Å². The molecule has 94 valence electrons. The Morgan fingerprint density at radius 1 is 1.29 bits per heavy atom. The molecule has 1 aliphatic heterocycles. The number of likely N-dealkylation sites (N-methyl/N-ethyl adjacent to an activating group) is 1. The summed E-state index contributed by atoms with van der Waals surface area (Å²) in [6.45, 7) is 1.60. The quantitative estimate of drug-likeness (QED) is 0.860. The number of para-hydroxylation sites is 1. The third-order valence-corrected chi connectivity index (χ3v) is 3.17. The van der Waals surface area contributed by atoms with Crippen molar-refractivity contribution in [3.63, 3.8) is 0 Å². The van der Waals surface area contributed by atoms with Crippen LogP contribution >= 0.6 is 0 Å². The Hall–Kier alpha value is -1.23. The maximum Gasteiger partial charge on any atom is 0.418 e. The second-order valence-corrected chi connectivity index (χ2v) is 4.27. The highest BCUT2D eigenvalue weighted by Crippen LogP contribution is 2.36. The lowest BCUT2D eigenvalue weighted by molar-refractivity contribution is -0.137. The molecule has 1 fully saturated rings. The molecule has 2 rings (SSSR count). The number of alkyl halides is 3. The summed E-state index contributed by atoms with van der Waals surface area (Å²) in [7, 11) is 1.72. The van der Waals surface area contributed by atoms with E-state index in [1.54, 1.807) is 18.0 Å². The molecule has 0 bridgehead atoms. The second kappa shape index (κ2) is 4.56. The van der Waals surface area contributed by atoms with Crippen molar-refractivity contribution in [1.29, 1.82) is 0 Å². The molecule has 1 heterocycles. The maximum absolute atomic E-state index is 12.9. The van der Waals surface area contributed by atoms with Crippen molar-refractivity contribution in [3.8, 4) is 0 Å². The molecule has 0 aliphatic carbocycles. The summed E-state index contributed by atoms with van der Waals surface area (Å²) in [5, 5.41) is 3.16. The molecule has 0 radical (unpaired) electrons. The number of nitrogens with one attached hydrogen (secondary N) is 1. The molecule has 1 aliphatic rings. The van der Waals surface area contributed by atoms with E-state index in [0.29, 0.717) is 0 Å². The summed E-state index contributed by atoms with van der Waals surface area (Å²) < 4.78 is 38.6. The number of anilines is 1. The molecule has 1 aromatic rings. The van der Waals surface area contributed by atoms with E-state index in [2.05, 4.69) is 5.32 Å². The summed E-state index contributed by atoms with van der Waals surface area (Å²) in [5.41, 5.74) is -0.303. The van der Waals surface area contributed by atoms with Crippen molar-refractivity contribution in [2.24, 2.45) is 0 Å². The smallest absolute Gasteiger partial charge is 0.370 e. The summed E-state index contributed by atoms with van der Waals surface area (Å²) in [6, 6.07) is 5.87. The predicted octanol–water partition coefficient (Wildman–Crippen LogP) is 2.50. The molecule has 0 amide bonds.